The Hall–Kier alpha value is -1.30. The third kappa shape index (κ3) is 4.33. The summed E-state index contributed by atoms with van der Waals surface area (Å²) in [5, 5.41) is 21.5. The van der Waals surface area contributed by atoms with Gasteiger partial charge in [-0.1, -0.05) is 12.8 Å². The van der Waals surface area contributed by atoms with Crippen LogP contribution in [0.1, 0.15) is 51.4 Å². The summed E-state index contributed by atoms with van der Waals surface area (Å²) >= 11 is 0. The van der Waals surface area contributed by atoms with E-state index in [1.807, 2.05) is 0 Å². The quantitative estimate of drug-likeness (QED) is 0.738. The molecule has 0 spiro atoms. The third-order valence-electron chi connectivity index (χ3n) is 4.75. The molecule has 2 rings (SSSR count). The van der Waals surface area contributed by atoms with Crippen molar-refractivity contribution in [3.05, 3.63) is 0 Å². The van der Waals surface area contributed by atoms with Crippen LogP contribution in [0.3, 0.4) is 0 Å². The van der Waals surface area contributed by atoms with Crippen molar-refractivity contribution in [3.63, 3.8) is 0 Å². The van der Waals surface area contributed by atoms with Crippen molar-refractivity contribution in [2.24, 2.45) is 5.92 Å². The smallest absolute Gasteiger partial charge is 0.317 e. The molecule has 120 valence electrons. The lowest BCUT2D eigenvalue weighted by atomic mass is 9.86. The minimum atomic E-state index is -0.729. The number of likely N-dealkylation sites (tertiary alicyclic amines) is 1. The van der Waals surface area contributed by atoms with Gasteiger partial charge < -0.3 is 20.4 Å². The summed E-state index contributed by atoms with van der Waals surface area (Å²) in [5.41, 5.74) is 0. The number of hydrogen-bond donors (Lipinski definition) is 3. The SMILES string of the molecule is O=C(O)C1CCC(NC(=O)N2CCCCCC2CO)CC1. The van der Waals surface area contributed by atoms with Crippen LogP contribution in [0.15, 0.2) is 0 Å². The summed E-state index contributed by atoms with van der Waals surface area (Å²) in [4.78, 5) is 25.1. The molecule has 21 heavy (non-hydrogen) atoms. The zero-order valence-electron chi connectivity index (χ0n) is 12.5. The van der Waals surface area contributed by atoms with Gasteiger partial charge in [-0.25, -0.2) is 4.79 Å². The van der Waals surface area contributed by atoms with Gasteiger partial charge >= 0.3 is 12.0 Å². The van der Waals surface area contributed by atoms with Crippen molar-refractivity contribution in [2.45, 2.75) is 63.5 Å². The zero-order chi connectivity index (χ0) is 15.2. The molecule has 1 unspecified atom stereocenters. The van der Waals surface area contributed by atoms with Crippen LogP contribution in [0.4, 0.5) is 4.79 Å². The van der Waals surface area contributed by atoms with Gasteiger partial charge in [0.1, 0.15) is 0 Å². The van der Waals surface area contributed by atoms with E-state index in [1.54, 1.807) is 4.90 Å². The molecular formula is C15H26N2O4. The minimum absolute atomic E-state index is 0.0131. The minimum Gasteiger partial charge on any atom is -0.481 e. The maximum atomic E-state index is 12.4. The molecule has 0 bridgehead atoms. The normalized spacial score (nSPS) is 30.5. The Bertz CT molecular complexity index is 367. The summed E-state index contributed by atoms with van der Waals surface area (Å²) in [5.74, 6) is -0.992. The molecule has 1 aliphatic heterocycles. The van der Waals surface area contributed by atoms with E-state index in [1.165, 1.54) is 0 Å². The molecular weight excluding hydrogens is 272 g/mol. The highest BCUT2D eigenvalue weighted by Crippen LogP contribution is 2.25. The van der Waals surface area contributed by atoms with Crippen molar-refractivity contribution in [1.82, 2.24) is 10.2 Å². The topological polar surface area (TPSA) is 89.9 Å². The predicted octanol–water partition coefficient (Wildman–Crippen LogP) is 1.58. The average Bonchev–Trinajstić information content (AvgIpc) is 2.72. The number of aliphatic hydroxyl groups is 1. The number of hydrogen-bond acceptors (Lipinski definition) is 3. The molecule has 1 saturated heterocycles. The lowest BCUT2D eigenvalue weighted by molar-refractivity contribution is -0.142. The zero-order valence-corrected chi connectivity index (χ0v) is 12.5. The Balaban J connectivity index is 1.84. The first-order valence-electron chi connectivity index (χ1n) is 8.02. The molecule has 2 amide bonds. The molecule has 0 aromatic carbocycles. The second-order valence-corrected chi connectivity index (χ2v) is 6.22. The molecule has 6 heteroatoms. The van der Waals surface area contributed by atoms with Crippen LogP contribution in [-0.2, 0) is 4.79 Å². The largest absolute Gasteiger partial charge is 0.481 e. The number of rotatable bonds is 3. The first kappa shape index (κ1) is 16.1. The Morgan fingerprint density at radius 1 is 1.05 bits per heavy atom. The molecule has 3 N–H and O–H groups in total. The van der Waals surface area contributed by atoms with Crippen LogP contribution in [0.25, 0.3) is 0 Å². The van der Waals surface area contributed by atoms with Crippen LogP contribution >= 0.6 is 0 Å². The van der Waals surface area contributed by atoms with E-state index in [0.717, 1.165) is 38.5 Å². The maximum Gasteiger partial charge on any atom is 0.317 e. The highest BCUT2D eigenvalue weighted by molar-refractivity contribution is 5.75. The van der Waals surface area contributed by atoms with Crippen LogP contribution in [0.2, 0.25) is 0 Å². The van der Waals surface area contributed by atoms with E-state index in [4.69, 9.17) is 5.11 Å². The number of carboxylic acids is 1. The number of nitrogens with zero attached hydrogens (tertiary/aromatic N) is 1. The molecule has 0 aromatic rings. The molecule has 1 atom stereocenters. The van der Waals surface area contributed by atoms with E-state index in [2.05, 4.69) is 5.32 Å². The van der Waals surface area contributed by atoms with E-state index >= 15 is 0 Å². The van der Waals surface area contributed by atoms with Gasteiger partial charge in [0.2, 0.25) is 0 Å². The van der Waals surface area contributed by atoms with Gasteiger partial charge in [-0.05, 0) is 38.5 Å². The summed E-state index contributed by atoms with van der Waals surface area (Å²) < 4.78 is 0. The second-order valence-electron chi connectivity index (χ2n) is 6.22. The average molecular weight is 298 g/mol. The lowest BCUT2D eigenvalue weighted by Gasteiger charge is -2.33. The molecule has 1 aliphatic carbocycles. The number of carboxylic acid groups (broad SMARTS) is 1. The molecule has 0 aromatic heterocycles. The Kier molecular flexibility index (Phi) is 5.85. The number of aliphatic hydroxyl groups excluding tert-OH is 1. The van der Waals surface area contributed by atoms with Gasteiger partial charge in [0.25, 0.3) is 0 Å². The monoisotopic (exact) mass is 298 g/mol. The molecule has 2 fully saturated rings. The van der Waals surface area contributed by atoms with Gasteiger partial charge in [-0.2, -0.15) is 0 Å². The van der Waals surface area contributed by atoms with Crippen molar-refractivity contribution in [2.75, 3.05) is 13.2 Å². The second kappa shape index (κ2) is 7.64. The Morgan fingerprint density at radius 3 is 2.38 bits per heavy atom. The van der Waals surface area contributed by atoms with Gasteiger partial charge in [-0.15, -0.1) is 0 Å². The summed E-state index contributed by atoms with van der Waals surface area (Å²) in [7, 11) is 0. The van der Waals surface area contributed by atoms with E-state index in [-0.39, 0.29) is 30.6 Å². The highest BCUT2D eigenvalue weighted by atomic mass is 16.4. The van der Waals surface area contributed by atoms with Crippen molar-refractivity contribution in [3.8, 4) is 0 Å². The highest BCUT2D eigenvalue weighted by Gasteiger charge is 2.30. The number of amides is 2. The number of nitrogens with one attached hydrogen (secondary N) is 1. The molecule has 0 radical (unpaired) electrons. The first-order chi connectivity index (χ1) is 10.1. The van der Waals surface area contributed by atoms with Crippen molar-refractivity contribution >= 4 is 12.0 Å². The molecule has 2 aliphatic rings. The van der Waals surface area contributed by atoms with Crippen LogP contribution < -0.4 is 5.32 Å². The number of carbonyl (C=O) groups excluding carboxylic acids is 1. The van der Waals surface area contributed by atoms with Crippen LogP contribution in [0, 0.1) is 5.92 Å². The van der Waals surface area contributed by atoms with Crippen LogP contribution in [-0.4, -0.2) is 52.3 Å². The van der Waals surface area contributed by atoms with Gasteiger partial charge in [0.15, 0.2) is 0 Å². The molecule has 6 nitrogen and oxygen atoms in total. The van der Waals surface area contributed by atoms with Gasteiger partial charge in [0.05, 0.1) is 18.6 Å². The maximum absolute atomic E-state index is 12.4. The van der Waals surface area contributed by atoms with Crippen LogP contribution in [0.5, 0.6) is 0 Å². The summed E-state index contributed by atoms with van der Waals surface area (Å²) in [6, 6.07) is -0.117. The van der Waals surface area contributed by atoms with E-state index in [0.29, 0.717) is 19.4 Å². The van der Waals surface area contributed by atoms with Gasteiger partial charge in [-0.3, -0.25) is 4.79 Å². The van der Waals surface area contributed by atoms with E-state index < -0.39 is 5.97 Å². The lowest BCUT2D eigenvalue weighted by Crippen LogP contribution is -2.51. The fraction of sp³-hybridized carbons (Fsp3) is 0.867. The number of aliphatic carboxylic acids is 1. The standard InChI is InChI=1S/C15H26N2O4/c18-10-13-4-2-1-3-9-17(13)15(21)16-12-7-5-11(6-8-12)14(19)20/h11-13,18H,1-10H2,(H,16,21)(H,19,20). The summed E-state index contributed by atoms with van der Waals surface area (Å²) in [6.07, 6.45) is 6.70. The molecule has 1 saturated carbocycles. The fourth-order valence-corrected chi connectivity index (χ4v) is 3.38. The molecule has 1 heterocycles. The first-order valence-corrected chi connectivity index (χ1v) is 8.02. The summed E-state index contributed by atoms with van der Waals surface area (Å²) in [6.45, 7) is 0.709. The number of carbonyl (C=O) groups is 2. The predicted molar refractivity (Wildman–Crippen MR) is 78.0 cm³/mol. The van der Waals surface area contributed by atoms with Gasteiger partial charge in [0, 0.05) is 12.6 Å². The van der Waals surface area contributed by atoms with E-state index in [9.17, 15) is 14.7 Å². The fourth-order valence-electron chi connectivity index (χ4n) is 3.38. The number of urea groups is 1. The Labute approximate surface area is 125 Å². The van der Waals surface area contributed by atoms with Crippen molar-refractivity contribution < 1.29 is 19.8 Å². The van der Waals surface area contributed by atoms with Crippen molar-refractivity contribution in [1.29, 1.82) is 0 Å². The third-order valence-corrected chi connectivity index (χ3v) is 4.75. The Morgan fingerprint density at radius 2 is 1.76 bits per heavy atom.